The molecule has 2 aromatic carbocycles. The number of ketones is 1. The summed E-state index contributed by atoms with van der Waals surface area (Å²) in [5, 5.41) is 0.238. The number of carbonyl (C=O) groups excluding carboxylic acids is 2. The van der Waals surface area contributed by atoms with E-state index in [-0.39, 0.29) is 23.1 Å². The summed E-state index contributed by atoms with van der Waals surface area (Å²) in [6, 6.07) is 13.7. The highest BCUT2D eigenvalue weighted by molar-refractivity contribution is 7.00. The number of hydrogen-bond donors (Lipinski definition) is 0. The molecule has 1 atom stereocenters. The Hall–Kier alpha value is -2.23. The van der Waals surface area contributed by atoms with E-state index in [4.69, 9.17) is 25.6 Å². The molecule has 0 heterocycles. The molecule has 0 saturated heterocycles. The largest absolute Gasteiger partial charge is 0.496 e. The molecule has 0 fully saturated rings. The third-order valence-corrected chi connectivity index (χ3v) is 3.95. The maximum absolute atomic E-state index is 13.2. The first kappa shape index (κ1) is 22.8. The van der Waals surface area contributed by atoms with Crippen LogP contribution in [0.5, 0.6) is 5.75 Å². The molecule has 1 unspecified atom stereocenters. The normalized spacial score (nSPS) is 11.1. The molecule has 2 rings (SSSR count). The second kappa shape index (κ2) is 11.5. The molecule has 0 N–H and O–H groups in total. The molecule has 0 aliphatic rings. The second-order valence-corrected chi connectivity index (χ2v) is 6.46. The van der Waals surface area contributed by atoms with Crippen molar-refractivity contribution in [3.05, 3.63) is 64.7 Å². The van der Waals surface area contributed by atoms with E-state index in [0.29, 0.717) is 11.3 Å². The van der Waals surface area contributed by atoms with E-state index in [1.165, 1.54) is 7.11 Å². The van der Waals surface area contributed by atoms with Crippen LogP contribution in [-0.4, -0.2) is 25.5 Å². The monoisotopic (exact) mass is 408 g/mol. The molecule has 7 heteroatoms. The van der Waals surface area contributed by atoms with Crippen LogP contribution in [0.1, 0.15) is 35.7 Å². The number of halogens is 1. The van der Waals surface area contributed by atoms with Crippen LogP contribution in [-0.2, 0) is 14.1 Å². The lowest BCUT2D eigenvalue weighted by atomic mass is 9.90. The van der Waals surface area contributed by atoms with Crippen LogP contribution in [0.25, 0.3) is 0 Å². The molecule has 0 aliphatic heterocycles. The Labute approximate surface area is 166 Å². The van der Waals surface area contributed by atoms with Gasteiger partial charge in [0.25, 0.3) is 0 Å². The molecule has 27 heavy (non-hydrogen) atoms. The van der Waals surface area contributed by atoms with Crippen LogP contribution in [0.3, 0.4) is 0 Å². The quantitative estimate of drug-likeness (QED) is 0.279. The first-order chi connectivity index (χ1) is 13.0. The molecule has 0 amide bonds. The van der Waals surface area contributed by atoms with Crippen LogP contribution >= 0.6 is 20.7 Å². The summed E-state index contributed by atoms with van der Waals surface area (Å²) < 4.78 is 18.6. The van der Waals surface area contributed by atoms with Crippen molar-refractivity contribution in [2.45, 2.75) is 19.8 Å². The van der Waals surface area contributed by atoms with E-state index in [9.17, 15) is 9.59 Å². The van der Waals surface area contributed by atoms with Gasteiger partial charge in [0, 0.05) is 0 Å². The summed E-state index contributed by atoms with van der Waals surface area (Å²) in [5.41, 5.74) is 0.741. The second-order valence-electron chi connectivity index (χ2n) is 6.05. The summed E-state index contributed by atoms with van der Waals surface area (Å²) in [7, 11) is 3.18. The first-order valence-electron chi connectivity index (χ1n) is 8.24. The van der Waals surface area contributed by atoms with Gasteiger partial charge in [0.05, 0.1) is 24.3 Å². The van der Waals surface area contributed by atoms with Gasteiger partial charge in [0.15, 0.2) is 5.78 Å². The lowest BCUT2D eigenvalue weighted by Gasteiger charge is -2.18. The number of hydrogen-bond acceptors (Lipinski definition) is 5. The lowest BCUT2D eigenvalue weighted by molar-refractivity contribution is -0.145. The van der Waals surface area contributed by atoms with Gasteiger partial charge in [-0.05, 0) is 23.6 Å². The van der Waals surface area contributed by atoms with Gasteiger partial charge in [-0.1, -0.05) is 61.8 Å². The molecule has 144 valence electrons. The third kappa shape index (κ3) is 6.16. The highest BCUT2D eigenvalue weighted by atomic mass is 35.5. The van der Waals surface area contributed by atoms with E-state index in [0.717, 1.165) is 0 Å². The maximum Gasteiger partial charge on any atom is 0.321 e. The predicted octanol–water partition coefficient (Wildman–Crippen LogP) is 4.99. The number of methoxy groups -OCH3 is 1. The highest BCUT2D eigenvalue weighted by Gasteiger charge is 2.33. The number of benzene rings is 2. The minimum Gasteiger partial charge on any atom is -0.496 e. The fraction of sp³-hybridized carbons (Fsp3) is 0.300. The molecule has 0 aromatic heterocycles. The molecule has 0 spiro atoms. The van der Waals surface area contributed by atoms with Gasteiger partial charge in [0.1, 0.15) is 20.8 Å². The molecule has 0 aliphatic carbocycles. The topological polar surface area (TPSA) is 69.7 Å². The van der Waals surface area contributed by atoms with Crippen LogP contribution in [0.2, 0.25) is 5.02 Å². The molecular weight excluding hydrogens is 387 g/mol. The van der Waals surface area contributed by atoms with E-state index >= 15 is 0 Å². The molecule has 0 bridgehead atoms. The Balaban J connectivity index is 0.00000176. The Morgan fingerprint density at radius 3 is 2.22 bits per heavy atom. The van der Waals surface area contributed by atoms with Crippen molar-refractivity contribution in [3.63, 3.8) is 0 Å². The average Bonchev–Trinajstić information content (AvgIpc) is 2.68. The molecule has 0 saturated carbocycles. The molecule has 0 radical (unpaired) electrons. The number of carbonyl (C=O) groups is 2. The van der Waals surface area contributed by atoms with Crippen molar-refractivity contribution in [1.82, 2.24) is 0 Å². The third-order valence-electron chi connectivity index (χ3n) is 3.63. The number of esters is 1. The van der Waals surface area contributed by atoms with Gasteiger partial charge in [-0.25, -0.2) is 0 Å². The summed E-state index contributed by atoms with van der Waals surface area (Å²) in [6.45, 7) is 4.11. The minimum atomic E-state index is -1.09. The number of Topliss-reactive ketones (excluding diaryl/α,β-unsaturated/α-hetero) is 1. The van der Waals surface area contributed by atoms with Gasteiger partial charge in [0.2, 0.25) is 0 Å². The zero-order chi connectivity index (χ0) is 20.4. The summed E-state index contributed by atoms with van der Waals surface area (Å²) in [5.74, 6) is -1.62. The van der Waals surface area contributed by atoms with Crippen molar-refractivity contribution in [3.8, 4) is 5.75 Å². The van der Waals surface area contributed by atoms with Gasteiger partial charge < -0.3 is 9.47 Å². The lowest BCUT2D eigenvalue weighted by Crippen LogP contribution is -2.26. The molecule has 5 nitrogen and oxygen atoms in total. The minimum absolute atomic E-state index is 0.172. The number of ether oxygens (including phenoxy) is 2. The Kier molecular flexibility index (Phi) is 9.70. The first-order valence-corrected chi connectivity index (χ1v) is 9.03. The van der Waals surface area contributed by atoms with E-state index in [2.05, 4.69) is 0 Å². The SMILES string of the molecule is COc1cccc(Cl)c1C(=O)C(C(=O)OCC(C)C)c1ccccc1.O=P. The summed E-state index contributed by atoms with van der Waals surface area (Å²) in [6.07, 6.45) is 0. The zero-order valence-electron chi connectivity index (χ0n) is 15.4. The van der Waals surface area contributed by atoms with Crippen molar-refractivity contribution >= 4 is 32.5 Å². The van der Waals surface area contributed by atoms with Crippen LogP contribution in [0.4, 0.5) is 0 Å². The number of rotatable bonds is 7. The predicted molar refractivity (Wildman–Crippen MR) is 106 cm³/mol. The fourth-order valence-electron chi connectivity index (χ4n) is 2.43. The van der Waals surface area contributed by atoms with Crippen molar-refractivity contribution in [2.24, 2.45) is 5.92 Å². The Bertz CT molecular complexity index is 764. The summed E-state index contributed by atoms with van der Waals surface area (Å²) >= 11 is 6.21. The smallest absolute Gasteiger partial charge is 0.321 e. The van der Waals surface area contributed by atoms with Crippen molar-refractivity contribution < 1.29 is 23.6 Å². The standard InChI is InChI=1S/C20H21ClO4.HOP/c1-13(2)12-25-20(23)17(14-8-5-4-6-9-14)19(22)18-15(21)10-7-11-16(18)24-3;1-2/h4-11,13,17H,12H2,1-3H3;2H. The van der Waals surface area contributed by atoms with Gasteiger partial charge in [-0.15, -0.1) is 0 Å². The van der Waals surface area contributed by atoms with Crippen molar-refractivity contribution in [1.29, 1.82) is 0 Å². The van der Waals surface area contributed by atoms with E-state index in [1.54, 1.807) is 51.6 Å². The Morgan fingerprint density at radius 2 is 1.67 bits per heavy atom. The fourth-order valence-corrected chi connectivity index (χ4v) is 2.69. The summed E-state index contributed by atoms with van der Waals surface area (Å²) in [4.78, 5) is 25.8. The maximum atomic E-state index is 13.2. The van der Waals surface area contributed by atoms with Gasteiger partial charge in [-0.3, -0.25) is 14.2 Å². The average molecular weight is 409 g/mol. The van der Waals surface area contributed by atoms with Gasteiger partial charge >= 0.3 is 5.97 Å². The molecular formula is C20H22ClO5P. The van der Waals surface area contributed by atoms with Crippen LogP contribution in [0.15, 0.2) is 48.5 Å². The van der Waals surface area contributed by atoms with Crippen LogP contribution < -0.4 is 4.74 Å². The highest BCUT2D eigenvalue weighted by Crippen LogP contribution is 2.32. The van der Waals surface area contributed by atoms with Crippen molar-refractivity contribution in [2.75, 3.05) is 13.7 Å². The Morgan fingerprint density at radius 1 is 1.04 bits per heavy atom. The zero-order valence-corrected chi connectivity index (χ0v) is 17.2. The molecule has 2 aromatic rings. The van der Waals surface area contributed by atoms with E-state index in [1.807, 2.05) is 19.9 Å². The van der Waals surface area contributed by atoms with Gasteiger partial charge in [-0.2, -0.15) is 0 Å². The van der Waals surface area contributed by atoms with E-state index < -0.39 is 17.7 Å². The van der Waals surface area contributed by atoms with Crippen LogP contribution in [0, 0.1) is 5.92 Å².